The van der Waals surface area contributed by atoms with Crippen molar-refractivity contribution in [2.24, 2.45) is 0 Å². The van der Waals surface area contributed by atoms with Crippen molar-refractivity contribution in [1.29, 1.82) is 0 Å². The first-order valence-corrected chi connectivity index (χ1v) is 11.5. The summed E-state index contributed by atoms with van der Waals surface area (Å²) < 4.78 is 0. The van der Waals surface area contributed by atoms with Gasteiger partial charge in [0.25, 0.3) is 0 Å². The smallest absolute Gasteiger partial charge is 0.326 e. The van der Waals surface area contributed by atoms with E-state index in [1.165, 1.54) is 24.3 Å². The van der Waals surface area contributed by atoms with Gasteiger partial charge in [-0.2, -0.15) is 0 Å². The summed E-state index contributed by atoms with van der Waals surface area (Å²) in [6.45, 7) is 0.630. The molecule has 4 unspecified atom stereocenters. The van der Waals surface area contributed by atoms with E-state index in [2.05, 4.69) is 16.0 Å². The summed E-state index contributed by atoms with van der Waals surface area (Å²) in [7, 11) is 0. The van der Waals surface area contributed by atoms with Gasteiger partial charge in [0.15, 0.2) is 0 Å². The number of hydrogen-bond donors (Lipinski definition) is 8. The maximum absolute atomic E-state index is 13.2. The highest BCUT2D eigenvalue weighted by atomic mass is 16.4. The van der Waals surface area contributed by atoms with E-state index < -0.39 is 79.1 Å². The molecule has 202 valence electrons. The SMILES string of the molecule is O=C(O)CCC(NC(=O)C(Cc1ccc(O)cc1)NC(=O)C1CCCN1)C(=O)NC(CC(=O)O)C(=O)O. The third-order valence-corrected chi connectivity index (χ3v) is 5.66. The summed E-state index contributed by atoms with van der Waals surface area (Å²) in [4.78, 5) is 72.0. The van der Waals surface area contributed by atoms with Gasteiger partial charge in [0.2, 0.25) is 17.7 Å². The number of phenolic OH excluding ortho intramolecular Hbond substituents is 1. The van der Waals surface area contributed by atoms with E-state index in [1.54, 1.807) is 0 Å². The van der Waals surface area contributed by atoms with E-state index in [4.69, 9.17) is 10.2 Å². The Morgan fingerprint density at radius 2 is 1.49 bits per heavy atom. The maximum Gasteiger partial charge on any atom is 0.326 e. The number of phenols is 1. The first-order valence-electron chi connectivity index (χ1n) is 11.5. The van der Waals surface area contributed by atoms with Crippen LogP contribution in [-0.2, 0) is 35.2 Å². The average molecular weight is 523 g/mol. The van der Waals surface area contributed by atoms with Crippen LogP contribution in [0.1, 0.15) is 37.7 Å². The zero-order valence-electron chi connectivity index (χ0n) is 19.8. The molecule has 4 atom stereocenters. The summed E-state index contributed by atoms with van der Waals surface area (Å²) in [6, 6.07) is 0.798. The minimum Gasteiger partial charge on any atom is -0.508 e. The van der Waals surface area contributed by atoms with Crippen molar-refractivity contribution in [3.8, 4) is 5.75 Å². The first kappa shape index (κ1) is 29.0. The predicted octanol–water partition coefficient (Wildman–Crippen LogP) is -1.43. The van der Waals surface area contributed by atoms with Crippen molar-refractivity contribution in [3.05, 3.63) is 29.8 Å². The molecule has 0 aromatic heterocycles. The highest BCUT2D eigenvalue weighted by molar-refractivity contribution is 5.95. The molecule has 0 spiro atoms. The Bertz CT molecular complexity index is 1010. The van der Waals surface area contributed by atoms with E-state index in [9.17, 15) is 39.0 Å². The zero-order valence-corrected chi connectivity index (χ0v) is 19.8. The van der Waals surface area contributed by atoms with Crippen molar-refractivity contribution in [2.45, 2.75) is 62.7 Å². The lowest BCUT2D eigenvalue weighted by Crippen LogP contribution is -2.57. The molecule has 14 nitrogen and oxygen atoms in total. The van der Waals surface area contributed by atoms with Crippen LogP contribution in [0.2, 0.25) is 0 Å². The lowest BCUT2D eigenvalue weighted by atomic mass is 10.0. The second-order valence-electron chi connectivity index (χ2n) is 8.57. The number of aliphatic carboxylic acids is 3. The average Bonchev–Trinajstić information content (AvgIpc) is 3.36. The summed E-state index contributed by atoms with van der Waals surface area (Å²) in [5.74, 6) is -6.78. The van der Waals surface area contributed by atoms with Crippen molar-refractivity contribution in [3.63, 3.8) is 0 Å². The Kier molecular flexibility index (Phi) is 10.8. The molecule has 0 bridgehead atoms. The number of carbonyl (C=O) groups is 6. The normalized spacial score (nSPS) is 17.1. The van der Waals surface area contributed by atoms with Gasteiger partial charge in [-0.1, -0.05) is 12.1 Å². The third kappa shape index (κ3) is 9.76. The quantitative estimate of drug-likeness (QED) is 0.141. The van der Waals surface area contributed by atoms with Crippen LogP contribution in [0.5, 0.6) is 5.75 Å². The Hall–Kier alpha value is -4.20. The van der Waals surface area contributed by atoms with Crippen LogP contribution in [0.3, 0.4) is 0 Å². The summed E-state index contributed by atoms with van der Waals surface area (Å²) >= 11 is 0. The second kappa shape index (κ2) is 13.8. The molecule has 1 saturated heterocycles. The molecule has 8 N–H and O–H groups in total. The fourth-order valence-corrected chi connectivity index (χ4v) is 3.71. The predicted molar refractivity (Wildman–Crippen MR) is 125 cm³/mol. The maximum atomic E-state index is 13.2. The number of benzene rings is 1. The highest BCUT2D eigenvalue weighted by Gasteiger charge is 2.32. The van der Waals surface area contributed by atoms with Gasteiger partial charge in [-0.15, -0.1) is 0 Å². The van der Waals surface area contributed by atoms with Gasteiger partial charge in [-0.3, -0.25) is 24.0 Å². The number of hydrogen-bond acceptors (Lipinski definition) is 8. The van der Waals surface area contributed by atoms with E-state index >= 15 is 0 Å². The molecule has 1 aromatic carbocycles. The Morgan fingerprint density at radius 1 is 0.865 bits per heavy atom. The Morgan fingerprint density at radius 3 is 2.03 bits per heavy atom. The molecule has 0 saturated carbocycles. The van der Waals surface area contributed by atoms with Crippen molar-refractivity contribution in [2.75, 3.05) is 6.54 Å². The molecule has 1 aromatic rings. The number of carbonyl (C=O) groups excluding carboxylic acids is 3. The van der Waals surface area contributed by atoms with Crippen molar-refractivity contribution in [1.82, 2.24) is 21.3 Å². The number of amides is 3. The van der Waals surface area contributed by atoms with Crippen molar-refractivity contribution < 1.29 is 49.2 Å². The summed E-state index contributed by atoms with van der Waals surface area (Å²) in [5, 5.41) is 46.6. The third-order valence-electron chi connectivity index (χ3n) is 5.66. The molecule has 0 radical (unpaired) electrons. The number of carboxylic acid groups (broad SMARTS) is 3. The summed E-state index contributed by atoms with van der Waals surface area (Å²) in [6.07, 6.45) is -0.621. The topological polar surface area (TPSA) is 231 Å². The molecule has 1 fully saturated rings. The molecule has 1 aliphatic rings. The van der Waals surface area contributed by atoms with Gasteiger partial charge in [0, 0.05) is 12.8 Å². The van der Waals surface area contributed by atoms with Crippen molar-refractivity contribution >= 4 is 35.6 Å². The van der Waals surface area contributed by atoms with Crippen LogP contribution in [0.25, 0.3) is 0 Å². The molecular weight excluding hydrogens is 492 g/mol. The zero-order chi connectivity index (χ0) is 27.5. The van der Waals surface area contributed by atoms with Gasteiger partial charge in [0.05, 0.1) is 12.5 Å². The van der Waals surface area contributed by atoms with Crippen LogP contribution in [0.4, 0.5) is 0 Å². The van der Waals surface area contributed by atoms with Gasteiger partial charge in [0.1, 0.15) is 23.9 Å². The fourth-order valence-electron chi connectivity index (χ4n) is 3.71. The number of rotatable bonds is 14. The van der Waals surface area contributed by atoms with E-state index in [0.717, 1.165) is 6.42 Å². The Labute approximate surface area is 211 Å². The minimum absolute atomic E-state index is 0.0105. The molecule has 14 heteroatoms. The van der Waals surface area contributed by atoms with Crippen LogP contribution >= 0.6 is 0 Å². The largest absolute Gasteiger partial charge is 0.508 e. The van der Waals surface area contributed by atoms with Crippen LogP contribution < -0.4 is 21.3 Å². The molecule has 3 amide bonds. The minimum atomic E-state index is -1.81. The monoisotopic (exact) mass is 522 g/mol. The molecule has 2 rings (SSSR count). The Balaban J connectivity index is 2.22. The van der Waals surface area contributed by atoms with Crippen LogP contribution in [0.15, 0.2) is 24.3 Å². The lowest BCUT2D eigenvalue weighted by molar-refractivity contribution is -0.147. The van der Waals surface area contributed by atoms with Gasteiger partial charge < -0.3 is 41.7 Å². The van der Waals surface area contributed by atoms with Gasteiger partial charge in [-0.05, 0) is 43.5 Å². The van der Waals surface area contributed by atoms with E-state index in [0.29, 0.717) is 18.5 Å². The van der Waals surface area contributed by atoms with E-state index in [1.807, 2.05) is 5.32 Å². The molecule has 0 aliphatic carbocycles. The van der Waals surface area contributed by atoms with Gasteiger partial charge in [-0.25, -0.2) is 4.79 Å². The molecule has 37 heavy (non-hydrogen) atoms. The highest BCUT2D eigenvalue weighted by Crippen LogP contribution is 2.13. The first-order chi connectivity index (χ1) is 17.5. The standard InChI is InChI=1S/C23H30N4O10/c28-13-5-3-12(4-6-13)10-16(26-20(33)14-2-1-9-24-14)22(35)25-15(7-8-18(29)30)21(34)27-17(23(36)37)11-19(31)32/h3-6,14-17,24,28H,1-2,7-11H2,(H,25,35)(H,26,33)(H,27,34)(H,29,30)(H,31,32)(H,36,37). The summed E-state index contributed by atoms with van der Waals surface area (Å²) in [5.41, 5.74) is 0.566. The van der Waals surface area contributed by atoms with Gasteiger partial charge >= 0.3 is 17.9 Å². The molecular formula is C23H30N4O10. The number of carboxylic acids is 3. The number of aromatic hydroxyl groups is 1. The fraction of sp³-hybridized carbons (Fsp3) is 0.478. The number of nitrogens with one attached hydrogen (secondary N) is 4. The lowest BCUT2D eigenvalue weighted by Gasteiger charge is -2.25. The van der Waals surface area contributed by atoms with Crippen LogP contribution in [-0.4, -0.2) is 86.8 Å². The molecule has 1 heterocycles. The van der Waals surface area contributed by atoms with E-state index in [-0.39, 0.29) is 12.2 Å². The molecule has 1 aliphatic heterocycles. The van der Waals surface area contributed by atoms with Crippen LogP contribution in [0, 0.1) is 0 Å². The second-order valence-corrected chi connectivity index (χ2v) is 8.57.